The van der Waals surface area contributed by atoms with E-state index in [0.717, 1.165) is 32.7 Å². The van der Waals surface area contributed by atoms with E-state index in [9.17, 15) is 0 Å². The summed E-state index contributed by atoms with van der Waals surface area (Å²) in [5, 5.41) is 0. The second kappa shape index (κ2) is 4.99. The summed E-state index contributed by atoms with van der Waals surface area (Å²) in [5.41, 5.74) is 2.69. The minimum absolute atomic E-state index is 0.836. The molecular weight excluding hydrogens is 254 g/mol. The molecule has 0 radical (unpaired) electrons. The maximum atomic E-state index is 5.36. The van der Waals surface area contributed by atoms with E-state index in [2.05, 4.69) is 46.0 Å². The van der Waals surface area contributed by atoms with Gasteiger partial charge in [0.2, 0.25) is 0 Å². The largest absolute Gasteiger partial charge is 0.378 e. The van der Waals surface area contributed by atoms with Gasteiger partial charge in [-0.2, -0.15) is 0 Å². The van der Waals surface area contributed by atoms with Crippen LogP contribution in [-0.4, -0.2) is 26.3 Å². The summed E-state index contributed by atoms with van der Waals surface area (Å²) in [6.45, 7) is 5.84. The zero-order valence-electron chi connectivity index (χ0n) is 9.00. The highest BCUT2D eigenvalue weighted by molar-refractivity contribution is 9.10. The summed E-state index contributed by atoms with van der Waals surface area (Å²) in [6.07, 6.45) is 1.09. The predicted octanol–water partition coefficient (Wildman–Crippen LogP) is 2.85. The van der Waals surface area contributed by atoms with E-state index < -0.39 is 0 Å². The number of rotatable bonds is 2. The first-order chi connectivity index (χ1) is 7.31. The zero-order chi connectivity index (χ0) is 10.7. The summed E-state index contributed by atoms with van der Waals surface area (Å²) in [4.78, 5) is 2.38. The van der Waals surface area contributed by atoms with Crippen LogP contribution in [0.15, 0.2) is 22.7 Å². The van der Waals surface area contributed by atoms with Crippen molar-refractivity contribution < 1.29 is 4.74 Å². The molecule has 0 bridgehead atoms. The first-order valence-electron chi connectivity index (χ1n) is 5.42. The van der Waals surface area contributed by atoms with E-state index in [4.69, 9.17) is 4.74 Å². The molecule has 1 aliphatic rings. The molecule has 1 aromatic carbocycles. The van der Waals surface area contributed by atoms with Gasteiger partial charge in [0, 0.05) is 17.6 Å². The van der Waals surface area contributed by atoms with Gasteiger partial charge in [-0.3, -0.25) is 0 Å². The summed E-state index contributed by atoms with van der Waals surface area (Å²) >= 11 is 3.61. The number of nitrogens with zero attached hydrogens (tertiary/aromatic N) is 1. The molecule has 0 amide bonds. The molecular formula is C12H16BrNO. The minimum atomic E-state index is 0.836. The highest BCUT2D eigenvalue weighted by Gasteiger charge is 2.13. The smallest absolute Gasteiger partial charge is 0.0642 e. The van der Waals surface area contributed by atoms with Crippen LogP contribution in [0, 0.1) is 0 Å². The van der Waals surface area contributed by atoms with Crippen molar-refractivity contribution in [1.29, 1.82) is 0 Å². The van der Waals surface area contributed by atoms with Gasteiger partial charge in [-0.1, -0.05) is 13.0 Å². The number of aryl methyl sites for hydroxylation is 1. The van der Waals surface area contributed by atoms with Crippen LogP contribution in [-0.2, 0) is 11.2 Å². The third-order valence-corrected chi connectivity index (χ3v) is 3.44. The third kappa shape index (κ3) is 2.52. The maximum Gasteiger partial charge on any atom is 0.0642 e. The normalized spacial score (nSPS) is 16.8. The quantitative estimate of drug-likeness (QED) is 0.819. The third-order valence-electron chi connectivity index (χ3n) is 2.77. The number of halogens is 1. The minimum Gasteiger partial charge on any atom is -0.378 e. The molecule has 0 spiro atoms. The Balaban J connectivity index is 2.24. The van der Waals surface area contributed by atoms with E-state index in [1.54, 1.807) is 0 Å². The van der Waals surface area contributed by atoms with Crippen LogP contribution in [0.5, 0.6) is 0 Å². The Morgan fingerprint density at radius 1 is 1.33 bits per heavy atom. The average Bonchev–Trinajstić information content (AvgIpc) is 2.31. The standard InChI is InChI=1S/C12H16BrNO/c1-2-10-3-4-11(13)12(9-10)14-5-7-15-8-6-14/h3-4,9H,2,5-8H2,1H3. The fourth-order valence-electron chi connectivity index (χ4n) is 1.82. The van der Waals surface area contributed by atoms with Crippen molar-refractivity contribution in [3.05, 3.63) is 28.2 Å². The molecule has 0 unspecified atom stereocenters. The number of ether oxygens (including phenoxy) is 1. The molecule has 3 heteroatoms. The van der Waals surface area contributed by atoms with Gasteiger partial charge in [0.15, 0.2) is 0 Å². The highest BCUT2D eigenvalue weighted by Crippen LogP contribution is 2.28. The fraction of sp³-hybridized carbons (Fsp3) is 0.500. The number of benzene rings is 1. The first-order valence-corrected chi connectivity index (χ1v) is 6.21. The Morgan fingerprint density at radius 2 is 2.07 bits per heavy atom. The number of morpholine rings is 1. The van der Waals surface area contributed by atoms with Gasteiger partial charge < -0.3 is 9.64 Å². The molecule has 0 atom stereocenters. The summed E-state index contributed by atoms with van der Waals surface area (Å²) < 4.78 is 6.54. The van der Waals surface area contributed by atoms with E-state index in [-0.39, 0.29) is 0 Å². The number of hydrogen-bond acceptors (Lipinski definition) is 2. The highest BCUT2D eigenvalue weighted by atomic mass is 79.9. The molecule has 1 fully saturated rings. The maximum absolute atomic E-state index is 5.36. The van der Waals surface area contributed by atoms with Gasteiger partial charge in [-0.05, 0) is 40.0 Å². The van der Waals surface area contributed by atoms with Crippen LogP contribution < -0.4 is 4.90 Å². The summed E-state index contributed by atoms with van der Waals surface area (Å²) in [5.74, 6) is 0. The van der Waals surface area contributed by atoms with Crippen LogP contribution in [0.1, 0.15) is 12.5 Å². The molecule has 0 saturated carbocycles. The molecule has 2 nitrogen and oxygen atoms in total. The van der Waals surface area contributed by atoms with Crippen LogP contribution in [0.2, 0.25) is 0 Å². The lowest BCUT2D eigenvalue weighted by Gasteiger charge is -2.30. The lowest BCUT2D eigenvalue weighted by atomic mass is 10.1. The Bertz CT molecular complexity index is 334. The fourth-order valence-corrected chi connectivity index (χ4v) is 2.32. The zero-order valence-corrected chi connectivity index (χ0v) is 10.6. The van der Waals surface area contributed by atoms with Crippen LogP contribution in [0.25, 0.3) is 0 Å². The van der Waals surface area contributed by atoms with Crippen molar-refractivity contribution in [2.45, 2.75) is 13.3 Å². The van der Waals surface area contributed by atoms with Gasteiger partial charge in [-0.25, -0.2) is 0 Å². The Morgan fingerprint density at radius 3 is 2.73 bits per heavy atom. The monoisotopic (exact) mass is 269 g/mol. The molecule has 15 heavy (non-hydrogen) atoms. The van der Waals surface area contributed by atoms with E-state index >= 15 is 0 Å². The topological polar surface area (TPSA) is 12.5 Å². The van der Waals surface area contributed by atoms with Gasteiger partial charge in [0.05, 0.1) is 18.9 Å². The van der Waals surface area contributed by atoms with Crippen molar-refractivity contribution in [2.75, 3.05) is 31.2 Å². The van der Waals surface area contributed by atoms with Crippen molar-refractivity contribution in [2.24, 2.45) is 0 Å². The first kappa shape index (κ1) is 11.0. The lowest BCUT2D eigenvalue weighted by molar-refractivity contribution is 0.122. The summed E-state index contributed by atoms with van der Waals surface area (Å²) in [6, 6.07) is 6.59. The van der Waals surface area contributed by atoms with E-state index in [1.165, 1.54) is 15.7 Å². The molecule has 1 aromatic rings. The second-order valence-electron chi connectivity index (χ2n) is 3.74. The Labute approximate surface area is 99.4 Å². The van der Waals surface area contributed by atoms with Crippen molar-refractivity contribution >= 4 is 21.6 Å². The van der Waals surface area contributed by atoms with E-state index in [1.807, 2.05) is 0 Å². The molecule has 1 heterocycles. The van der Waals surface area contributed by atoms with Gasteiger partial charge >= 0.3 is 0 Å². The predicted molar refractivity (Wildman–Crippen MR) is 66.6 cm³/mol. The van der Waals surface area contributed by atoms with Crippen LogP contribution >= 0.6 is 15.9 Å². The molecule has 1 aliphatic heterocycles. The van der Waals surface area contributed by atoms with Crippen molar-refractivity contribution in [3.8, 4) is 0 Å². The van der Waals surface area contributed by atoms with Gasteiger partial charge in [0.1, 0.15) is 0 Å². The molecule has 82 valence electrons. The molecule has 1 saturated heterocycles. The van der Waals surface area contributed by atoms with Crippen LogP contribution in [0.3, 0.4) is 0 Å². The number of anilines is 1. The molecule has 0 aliphatic carbocycles. The van der Waals surface area contributed by atoms with Crippen LogP contribution in [0.4, 0.5) is 5.69 Å². The Kier molecular flexibility index (Phi) is 3.65. The summed E-state index contributed by atoms with van der Waals surface area (Å²) in [7, 11) is 0. The van der Waals surface area contributed by atoms with E-state index in [0.29, 0.717) is 0 Å². The number of hydrogen-bond donors (Lipinski definition) is 0. The molecule has 0 N–H and O–H groups in total. The lowest BCUT2D eigenvalue weighted by Crippen LogP contribution is -2.36. The molecule has 2 rings (SSSR count). The van der Waals surface area contributed by atoms with Crippen molar-refractivity contribution in [1.82, 2.24) is 0 Å². The van der Waals surface area contributed by atoms with Gasteiger partial charge in [-0.15, -0.1) is 0 Å². The van der Waals surface area contributed by atoms with Crippen molar-refractivity contribution in [3.63, 3.8) is 0 Å². The SMILES string of the molecule is CCc1ccc(Br)c(N2CCOCC2)c1. The Hall–Kier alpha value is -0.540. The molecule has 0 aromatic heterocycles. The average molecular weight is 270 g/mol. The van der Waals surface area contributed by atoms with Gasteiger partial charge in [0.25, 0.3) is 0 Å². The second-order valence-corrected chi connectivity index (χ2v) is 4.59.